The molecular formula is C16H14ClN3OS2. The third-order valence-electron chi connectivity index (χ3n) is 3.31. The van der Waals surface area contributed by atoms with E-state index in [9.17, 15) is 4.79 Å². The van der Waals surface area contributed by atoms with E-state index in [-0.39, 0.29) is 5.91 Å². The minimum atomic E-state index is 0.0256. The Morgan fingerprint density at radius 2 is 2.13 bits per heavy atom. The highest BCUT2D eigenvalue weighted by Gasteiger charge is 2.28. The van der Waals surface area contributed by atoms with Crippen molar-refractivity contribution < 1.29 is 4.79 Å². The van der Waals surface area contributed by atoms with Crippen molar-refractivity contribution in [3.63, 3.8) is 0 Å². The second-order valence-corrected chi connectivity index (χ2v) is 7.20. The van der Waals surface area contributed by atoms with E-state index in [1.165, 1.54) is 11.8 Å². The average molecular weight is 364 g/mol. The average Bonchev–Trinajstić information content (AvgIpc) is 3.19. The van der Waals surface area contributed by atoms with E-state index < -0.39 is 0 Å². The molecule has 1 saturated heterocycles. The maximum atomic E-state index is 12.1. The summed E-state index contributed by atoms with van der Waals surface area (Å²) >= 11 is 9.20. The molecule has 0 radical (unpaired) electrons. The lowest BCUT2D eigenvalue weighted by Crippen LogP contribution is -2.29. The first-order chi connectivity index (χ1) is 11.1. The Morgan fingerprint density at radius 1 is 1.30 bits per heavy atom. The quantitative estimate of drug-likeness (QED) is 0.602. The van der Waals surface area contributed by atoms with Crippen molar-refractivity contribution in [2.24, 2.45) is 10.2 Å². The molecule has 23 heavy (non-hydrogen) atoms. The molecular weight excluding hydrogens is 350 g/mol. The number of amidine groups is 1. The number of hydrogen-bond donors (Lipinski definition) is 0. The fourth-order valence-electron chi connectivity index (χ4n) is 2.08. The molecule has 1 aromatic heterocycles. The normalized spacial score (nSPS) is 17.3. The molecule has 118 valence electrons. The summed E-state index contributed by atoms with van der Waals surface area (Å²) < 4.78 is 0. The highest BCUT2D eigenvalue weighted by atomic mass is 35.5. The van der Waals surface area contributed by atoms with Crippen LogP contribution in [-0.2, 0) is 11.3 Å². The fourth-order valence-corrected chi connectivity index (χ4v) is 3.77. The van der Waals surface area contributed by atoms with Crippen molar-refractivity contribution in [3.05, 3.63) is 57.2 Å². The highest BCUT2D eigenvalue weighted by molar-refractivity contribution is 8.15. The first-order valence-electron chi connectivity index (χ1n) is 6.98. The number of thioether (sulfide) groups is 1. The second-order valence-electron chi connectivity index (χ2n) is 4.91. The predicted molar refractivity (Wildman–Crippen MR) is 98.4 cm³/mol. The van der Waals surface area contributed by atoms with Crippen LogP contribution in [0.4, 0.5) is 0 Å². The Labute approximate surface area is 147 Å². The van der Waals surface area contributed by atoms with Gasteiger partial charge in [-0.2, -0.15) is 5.10 Å². The first kappa shape index (κ1) is 16.2. The van der Waals surface area contributed by atoms with Crippen molar-refractivity contribution >= 4 is 51.5 Å². The van der Waals surface area contributed by atoms with Gasteiger partial charge in [0, 0.05) is 5.02 Å². The van der Waals surface area contributed by atoms with Gasteiger partial charge in [0.1, 0.15) is 0 Å². The largest absolute Gasteiger partial charge is 0.285 e. The molecule has 1 fully saturated rings. The molecule has 0 bridgehead atoms. The Hall–Kier alpha value is -1.63. The molecule has 1 aromatic carbocycles. The summed E-state index contributed by atoms with van der Waals surface area (Å²) in [5.74, 6) is 0.411. The SMILES string of the molecule is C/C(=N\N=C1/SCC(=O)N1Cc1ccccc1Cl)c1cccs1. The van der Waals surface area contributed by atoms with E-state index in [1.54, 1.807) is 16.2 Å². The van der Waals surface area contributed by atoms with Crippen LogP contribution in [0, 0.1) is 0 Å². The Morgan fingerprint density at radius 3 is 2.87 bits per heavy atom. The topological polar surface area (TPSA) is 45.0 Å². The molecule has 1 aliphatic heterocycles. The van der Waals surface area contributed by atoms with Gasteiger partial charge in [0.2, 0.25) is 5.91 Å². The van der Waals surface area contributed by atoms with Gasteiger partial charge in [-0.15, -0.1) is 16.4 Å². The van der Waals surface area contributed by atoms with Crippen LogP contribution in [0.15, 0.2) is 52.0 Å². The van der Waals surface area contributed by atoms with Crippen LogP contribution in [0.5, 0.6) is 0 Å². The number of benzene rings is 1. The van der Waals surface area contributed by atoms with Crippen LogP contribution in [0.1, 0.15) is 17.4 Å². The zero-order chi connectivity index (χ0) is 16.2. The number of amides is 1. The summed E-state index contributed by atoms with van der Waals surface area (Å²) in [6, 6.07) is 11.5. The van der Waals surface area contributed by atoms with Gasteiger partial charge in [-0.1, -0.05) is 47.6 Å². The fraction of sp³-hybridized carbons (Fsp3) is 0.188. The van der Waals surface area contributed by atoms with Gasteiger partial charge >= 0.3 is 0 Å². The molecule has 0 atom stereocenters. The van der Waals surface area contributed by atoms with E-state index >= 15 is 0 Å². The van der Waals surface area contributed by atoms with E-state index in [0.717, 1.165) is 16.2 Å². The van der Waals surface area contributed by atoms with Gasteiger partial charge in [0.05, 0.1) is 22.9 Å². The lowest BCUT2D eigenvalue weighted by molar-refractivity contribution is -0.124. The lowest BCUT2D eigenvalue weighted by Gasteiger charge is -2.16. The number of halogens is 1. The van der Waals surface area contributed by atoms with E-state index in [0.29, 0.717) is 22.5 Å². The van der Waals surface area contributed by atoms with Crippen LogP contribution in [-0.4, -0.2) is 27.4 Å². The van der Waals surface area contributed by atoms with Gasteiger partial charge in [-0.05, 0) is 30.0 Å². The zero-order valence-electron chi connectivity index (χ0n) is 12.4. The standard InChI is InChI=1S/C16H14ClN3OS2/c1-11(14-7-4-8-22-14)18-19-16-20(15(21)10-23-16)9-12-5-2-3-6-13(12)17/h2-8H,9-10H2,1H3/b18-11+,19-16-. The molecule has 1 aliphatic rings. The highest BCUT2D eigenvalue weighted by Crippen LogP contribution is 2.25. The van der Waals surface area contributed by atoms with Crippen molar-refractivity contribution in [1.82, 2.24) is 4.90 Å². The monoisotopic (exact) mass is 363 g/mol. The molecule has 0 aliphatic carbocycles. The third-order valence-corrected chi connectivity index (χ3v) is 5.61. The van der Waals surface area contributed by atoms with Gasteiger partial charge in [-0.3, -0.25) is 9.69 Å². The zero-order valence-corrected chi connectivity index (χ0v) is 14.8. The van der Waals surface area contributed by atoms with Gasteiger partial charge < -0.3 is 0 Å². The van der Waals surface area contributed by atoms with Gasteiger partial charge in [0.15, 0.2) is 5.17 Å². The Bertz CT molecular complexity index is 771. The number of hydrogen-bond acceptors (Lipinski definition) is 5. The number of rotatable bonds is 4. The summed E-state index contributed by atoms with van der Waals surface area (Å²) in [5, 5.41) is 11.8. The van der Waals surface area contributed by atoms with Crippen molar-refractivity contribution in [2.45, 2.75) is 13.5 Å². The molecule has 1 amide bonds. The molecule has 0 N–H and O–H groups in total. The van der Waals surface area contributed by atoms with Crippen molar-refractivity contribution in [3.8, 4) is 0 Å². The minimum absolute atomic E-state index is 0.0256. The van der Waals surface area contributed by atoms with Gasteiger partial charge in [0.25, 0.3) is 0 Å². The molecule has 7 heteroatoms. The molecule has 0 saturated carbocycles. The summed E-state index contributed by atoms with van der Waals surface area (Å²) in [6.07, 6.45) is 0. The first-order valence-corrected chi connectivity index (χ1v) is 9.22. The van der Waals surface area contributed by atoms with Gasteiger partial charge in [-0.25, -0.2) is 0 Å². The van der Waals surface area contributed by atoms with Crippen LogP contribution in [0.2, 0.25) is 5.02 Å². The lowest BCUT2D eigenvalue weighted by atomic mass is 10.2. The minimum Gasteiger partial charge on any atom is -0.285 e. The molecule has 2 heterocycles. The van der Waals surface area contributed by atoms with Crippen LogP contribution >= 0.6 is 34.7 Å². The number of carbonyl (C=O) groups excluding carboxylic acids is 1. The molecule has 0 unspecified atom stereocenters. The summed E-state index contributed by atoms with van der Waals surface area (Å²) in [7, 11) is 0. The maximum Gasteiger partial charge on any atom is 0.239 e. The molecule has 0 spiro atoms. The van der Waals surface area contributed by atoms with E-state index in [1.807, 2.05) is 48.7 Å². The van der Waals surface area contributed by atoms with Crippen LogP contribution in [0.25, 0.3) is 0 Å². The van der Waals surface area contributed by atoms with Crippen LogP contribution < -0.4 is 0 Å². The third kappa shape index (κ3) is 3.83. The molecule has 4 nitrogen and oxygen atoms in total. The van der Waals surface area contributed by atoms with Crippen LogP contribution in [0.3, 0.4) is 0 Å². The van der Waals surface area contributed by atoms with Crippen molar-refractivity contribution in [2.75, 3.05) is 5.75 Å². The van der Waals surface area contributed by atoms with E-state index in [4.69, 9.17) is 11.6 Å². The summed E-state index contributed by atoms with van der Waals surface area (Å²) in [6.45, 7) is 2.33. The number of thiophene rings is 1. The Kier molecular flexibility index (Phi) is 5.15. The van der Waals surface area contributed by atoms with Crippen molar-refractivity contribution in [1.29, 1.82) is 0 Å². The Balaban J connectivity index is 1.81. The summed E-state index contributed by atoms with van der Waals surface area (Å²) in [5.41, 5.74) is 1.74. The number of nitrogens with zero attached hydrogens (tertiary/aromatic N) is 3. The smallest absolute Gasteiger partial charge is 0.239 e. The maximum absolute atomic E-state index is 12.1. The molecule has 2 aromatic rings. The molecule has 3 rings (SSSR count). The van der Waals surface area contributed by atoms with E-state index in [2.05, 4.69) is 10.2 Å². The second kappa shape index (κ2) is 7.29. The number of carbonyl (C=O) groups is 1. The summed E-state index contributed by atoms with van der Waals surface area (Å²) in [4.78, 5) is 14.8. The predicted octanol–water partition coefficient (Wildman–Crippen LogP) is 4.26.